The Labute approximate surface area is 171 Å². The highest BCUT2D eigenvalue weighted by Gasteiger charge is 2.20. The Morgan fingerprint density at radius 1 is 1.07 bits per heavy atom. The molecule has 0 aliphatic carbocycles. The molecule has 0 atom stereocenters. The third kappa shape index (κ3) is 6.05. The monoisotopic (exact) mass is 425 g/mol. The van der Waals surface area contributed by atoms with Crippen LogP contribution in [0.2, 0.25) is 0 Å². The van der Waals surface area contributed by atoms with Crippen molar-refractivity contribution in [3.05, 3.63) is 54.1 Å². The van der Waals surface area contributed by atoms with Crippen molar-refractivity contribution in [2.24, 2.45) is 0 Å². The highest BCUT2D eigenvalue weighted by Crippen LogP contribution is 2.18. The average Bonchev–Trinajstić information content (AvgIpc) is 2.63. The smallest absolute Gasteiger partial charge is 0.242 e. The Hall–Kier alpha value is -2.42. The van der Waals surface area contributed by atoms with Crippen molar-refractivity contribution in [1.29, 1.82) is 0 Å². The molecule has 2 rings (SSSR count). The summed E-state index contributed by atoms with van der Waals surface area (Å²) in [4.78, 5) is 23.4. The third-order valence-electron chi connectivity index (χ3n) is 4.08. The number of para-hydroxylation sites is 2. The van der Waals surface area contributed by atoms with E-state index in [0.29, 0.717) is 23.4 Å². The molecule has 28 heavy (non-hydrogen) atoms. The van der Waals surface area contributed by atoms with Gasteiger partial charge in [-0.3, -0.25) is 9.59 Å². The van der Waals surface area contributed by atoms with Gasteiger partial charge in [0.15, 0.2) is 5.78 Å². The largest absolute Gasteiger partial charge is 0.397 e. The van der Waals surface area contributed by atoms with Gasteiger partial charge < -0.3 is 11.1 Å². The summed E-state index contributed by atoms with van der Waals surface area (Å²) in [5.41, 5.74) is 7.23. The molecule has 0 saturated heterocycles. The molecule has 2 aromatic carbocycles. The minimum atomic E-state index is -3.67. The molecule has 0 saturated carbocycles. The van der Waals surface area contributed by atoms with Crippen LogP contribution in [0.1, 0.15) is 30.1 Å². The maximum Gasteiger partial charge on any atom is 0.242 e. The zero-order chi connectivity index (χ0) is 20.0. The van der Waals surface area contributed by atoms with Crippen molar-refractivity contribution in [3.63, 3.8) is 0 Å². The minimum absolute atomic E-state index is 0. The summed E-state index contributed by atoms with van der Waals surface area (Å²) in [5.74, 6) is -0.359. The summed E-state index contributed by atoms with van der Waals surface area (Å²) in [7, 11) is -2.22. The van der Waals surface area contributed by atoms with E-state index in [2.05, 4.69) is 5.32 Å². The molecule has 0 fully saturated rings. The molecule has 0 aliphatic rings. The van der Waals surface area contributed by atoms with Gasteiger partial charge in [0.05, 0.1) is 16.3 Å². The molecular formula is C19H24ClN3O4S. The van der Waals surface area contributed by atoms with Crippen molar-refractivity contribution >= 4 is 45.5 Å². The van der Waals surface area contributed by atoms with Crippen molar-refractivity contribution in [1.82, 2.24) is 4.31 Å². The maximum absolute atomic E-state index is 12.5. The lowest BCUT2D eigenvalue weighted by Gasteiger charge is -2.17. The van der Waals surface area contributed by atoms with Crippen LogP contribution in [0.5, 0.6) is 0 Å². The number of anilines is 2. The number of nitrogens with two attached hydrogens (primary N) is 1. The van der Waals surface area contributed by atoms with Gasteiger partial charge in [-0.1, -0.05) is 24.3 Å². The van der Waals surface area contributed by atoms with E-state index in [1.54, 1.807) is 24.3 Å². The number of Topliss-reactive ketones (excluding diaryl/α,β-unsaturated/α-hetero) is 1. The van der Waals surface area contributed by atoms with Gasteiger partial charge in [0.25, 0.3) is 0 Å². The molecule has 0 aliphatic heterocycles. The predicted molar refractivity (Wildman–Crippen MR) is 112 cm³/mol. The second kappa shape index (κ2) is 10.2. The number of amides is 1. The normalized spacial score (nSPS) is 11.0. The molecule has 0 unspecified atom stereocenters. The van der Waals surface area contributed by atoms with Gasteiger partial charge >= 0.3 is 0 Å². The molecule has 9 heteroatoms. The highest BCUT2D eigenvalue weighted by molar-refractivity contribution is 7.89. The number of nitrogen functional groups attached to an aromatic ring is 1. The fourth-order valence-electron chi connectivity index (χ4n) is 2.45. The molecule has 0 bridgehead atoms. The Bertz CT molecular complexity index is 930. The molecule has 1 amide bonds. The SMILES string of the molecule is CC(=O)c1ccc(S(=O)(=O)N(C)CCCC(=O)Nc2ccccc2N)cc1.Cl. The third-order valence-corrected chi connectivity index (χ3v) is 5.95. The zero-order valence-electron chi connectivity index (χ0n) is 15.7. The van der Waals surface area contributed by atoms with E-state index in [4.69, 9.17) is 5.73 Å². The number of nitrogens with zero attached hydrogens (tertiary/aromatic N) is 1. The fraction of sp³-hybridized carbons (Fsp3) is 0.263. The maximum atomic E-state index is 12.5. The Kier molecular flexibility index (Phi) is 8.62. The summed E-state index contributed by atoms with van der Waals surface area (Å²) in [5, 5.41) is 2.71. The fourth-order valence-corrected chi connectivity index (χ4v) is 3.66. The number of hydrogen-bond donors (Lipinski definition) is 2. The van der Waals surface area contributed by atoms with Crippen LogP contribution in [0.15, 0.2) is 53.4 Å². The van der Waals surface area contributed by atoms with Gasteiger partial charge in [0.1, 0.15) is 0 Å². The van der Waals surface area contributed by atoms with E-state index in [1.807, 2.05) is 0 Å². The van der Waals surface area contributed by atoms with Crippen molar-refractivity contribution in [3.8, 4) is 0 Å². The molecule has 0 aromatic heterocycles. The lowest BCUT2D eigenvalue weighted by atomic mass is 10.2. The van der Waals surface area contributed by atoms with Gasteiger partial charge in [0, 0.05) is 25.6 Å². The first-order valence-corrected chi connectivity index (χ1v) is 9.87. The Balaban J connectivity index is 0.00000392. The van der Waals surface area contributed by atoms with E-state index in [1.165, 1.54) is 42.5 Å². The van der Waals surface area contributed by atoms with E-state index in [-0.39, 0.29) is 42.0 Å². The first-order chi connectivity index (χ1) is 12.7. The van der Waals surface area contributed by atoms with Gasteiger partial charge in [-0.2, -0.15) is 0 Å². The van der Waals surface area contributed by atoms with Crippen molar-refractivity contribution < 1.29 is 18.0 Å². The molecule has 0 radical (unpaired) electrons. The van der Waals surface area contributed by atoms with Crippen LogP contribution < -0.4 is 11.1 Å². The van der Waals surface area contributed by atoms with Crippen LogP contribution in [-0.4, -0.2) is 38.0 Å². The number of hydrogen-bond acceptors (Lipinski definition) is 5. The Morgan fingerprint density at radius 2 is 1.68 bits per heavy atom. The zero-order valence-corrected chi connectivity index (χ0v) is 17.3. The summed E-state index contributed by atoms with van der Waals surface area (Å²) >= 11 is 0. The topological polar surface area (TPSA) is 110 Å². The molecule has 2 aromatic rings. The van der Waals surface area contributed by atoms with Crippen LogP contribution in [0, 0.1) is 0 Å². The Morgan fingerprint density at radius 3 is 2.25 bits per heavy atom. The second-order valence-electron chi connectivity index (χ2n) is 6.15. The molecule has 3 N–H and O–H groups in total. The lowest BCUT2D eigenvalue weighted by molar-refractivity contribution is -0.116. The van der Waals surface area contributed by atoms with Crippen LogP contribution in [0.25, 0.3) is 0 Å². The molecule has 0 spiro atoms. The van der Waals surface area contributed by atoms with E-state index in [0.717, 1.165) is 0 Å². The van der Waals surface area contributed by atoms with Crippen molar-refractivity contribution in [2.75, 3.05) is 24.6 Å². The molecular weight excluding hydrogens is 402 g/mol. The predicted octanol–water partition coefficient (Wildman–Crippen LogP) is 2.93. The number of halogens is 1. The number of benzene rings is 2. The van der Waals surface area contributed by atoms with Gasteiger partial charge in [-0.25, -0.2) is 12.7 Å². The summed E-state index contributed by atoms with van der Waals surface area (Å²) in [6.07, 6.45) is 0.525. The molecule has 0 heterocycles. The van der Waals surface area contributed by atoms with Gasteiger partial charge in [-0.05, 0) is 37.6 Å². The number of carbonyl (C=O) groups excluding carboxylic acids is 2. The van der Waals surface area contributed by atoms with Gasteiger partial charge in [-0.15, -0.1) is 12.4 Å². The van der Waals surface area contributed by atoms with Crippen LogP contribution >= 0.6 is 12.4 Å². The number of rotatable bonds is 8. The van der Waals surface area contributed by atoms with E-state index in [9.17, 15) is 18.0 Å². The standard InChI is InChI=1S/C19H23N3O4S.ClH/c1-14(23)15-9-11-16(12-10-15)27(25,26)22(2)13-5-8-19(24)21-18-7-4-3-6-17(18)20;/h3-4,6-7,9-12H,5,8,13,20H2,1-2H3,(H,21,24);1H. The molecule has 152 valence electrons. The number of sulfonamides is 1. The van der Waals surface area contributed by atoms with Gasteiger partial charge in [0.2, 0.25) is 15.9 Å². The summed E-state index contributed by atoms with van der Waals surface area (Å²) in [6.45, 7) is 1.61. The highest BCUT2D eigenvalue weighted by atomic mass is 35.5. The van der Waals surface area contributed by atoms with E-state index >= 15 is 0 Å². The second-order valence-corrected chi connectivity index (χ2v) is 8.19. The number of nitrogens with one attached hydrogen (secondary N) is 1. The quantitative estimate of drug-likeness (QED) is 0.499. The van der Waals surface area contributed by atoms with E-state index < -0.39 is 10.0 Å². The van der Waals surface area contributed by atoms with Crippen LogP contribution in [0.3, 0.4) is 0 Å². The van der Waals surface area contributed by atoms with Crippen molar-refractivity contribution in [2.45, 2.75) is 24.7 Å². The first-order valence-electron chi connectivity index (χ1n) is 8.43. The minimum Gasteiger partial charge on any atom is -0.397 e. The average molecular weight is 426 g/mol. The summed E-state index contributed by atoms with van der Waals surface area (Å²) in [6, 6.07) is 12.7. The first kappa shape index (κ1) is 23.6. The lowest BCUT2D eigenvalue weighted by Crippen LogP contribution is -2.28. The number of carbonyl (C=O) groups is 2. The summed E-state index contributed by atoms with van der Waals surface area (Å²) < 4.78 is 26.3. The van der Waals surface area contributed by atoms with Crippen LogP contribution in [-0.2, 0) is 14.8 Å². The molecule has 7 nitrogen and oxygen atoms in total. The van der Waals surface area contributed by atoms with Crippen LogP contribution in [0.4, 0.5) is 11.4 Å². The number of ketones is 1.